The van der Waals surface area contributed by atoms with Gasteiger partial charge in [-0.05, 0) is 43.7 Å². The first-order valence-corrected chi connectivity index (χ1v) is 11.1. The number of aromatic nitrogens is 2. The van der Waals surface area contributed by atoms with Gasteiger partial charge in [0.1, 0.15) is 30.2 Å². The number of benzene rings is 2. The SMILES string of the molecule is COc1cc2nc(C)nc(N[C@H](C)c3cc(F)cc(C(F)(F)F)c3)c2cc1OC[C@H]1CNCCO1. The molecule has 2 heterocycles. The third kappa shape index (κ3) is 5.91. The number of alkyl halides is 3. The fourth-order valence-corrected chi connectivity index (χ4v) is 3.86. The first-order valence-electron chi connectivity index (χ1n) is 11.1. The Morgan fingerprint density at radius 1 is 1.17 bits per heavy atom. The van der Waals surface area contributed by atoms with Crippen LogP contribution in [0, 0.1) is 12.7 Å². The highest BCUT2D eigenvalue weighted by Gasteiger charge is 2.32. The molecule has 0 radical (unpaired) electrons. The molecule has 2 aromatic carbocycles. The summed E-state index contributed by atoms with van der Waals surface area (Å²) in [5.41, 5.74) is -0.361. The summed E-state index contributed by atoms with van der Waals surface area (Å²) < 4.78 is 70.6. The number of ether oxygens (including phenoxy) is 3. The number of hydrogen-bond acceptors (Lipinski definition) is 7. The number of rotatable bonds is 7. The number of morpholine rings is 1. The van der Waals surface area contributed by atoms with Crippen LogP contribution in [0.4, 0.5) is 23.4 Å². The minimum Gasteiger partial charge on any atom is -0.493 e. The largest absolute Gasteiger partial charge is 0.493 e. The minimum absolute atomic E-state index is 0.119. The molecule has 0 unspecified atom stereocenters. The molecule has 0 aliphatic carbocycles. The van der Waals surface area contributed by atoms with Gasteiger partial charge in [0.05, 0.1) is 30.8 Å². The zero-order valence-electron chi connectivity index (χ0n) is 19.5. The highest BCUT2D eigenvalue weighted by molar-refractivity contribution is 5.92. The number of fused-ring (bicyclic) bond motifs is 1. The Balaban J connectivity index is 1.66. The van der Waals surface area contributed by atoms with Gasteiger partial charge in [0.15, 0.2) is 11.5 Å². The van der Waals surface area contributed by atoms with Gasteiger partial charge in [-0.15, -0.1) is 0 Å². The summed E-state index contributed by atoms with van der Waals surface area (Å²) in [6.07, 6.45) is -4.78. The van der Waals surface area contributed by atoms with E-state index in [1.807, 2.05) is 0 Å². The van der Waals surface area contributed by atoms with Crippen molar-refractivity contribution in [2.24, 2.45) is 0 Å². The molecule has 2 atom stereocenters. The van der Waals surface area contributed by atoms with Gasteiger partial charge in [-0.2, -0.15) is 13.2 Å². The molecule has 1 aliphatic heterocycles. The number of halogens is 4. The van der Waals surface area contributed by atoms with Crippen LogP contribution in [0.15, 0.2) is 30.3 Å². The molecule has 1 aliphatic rings. The molecule has 2 N–H and O–H groups in total. The van der Waals surface area contributed by atoms with E-state index in [9.17, 15) is 17.6 Å². The van der Waals surface area contributed by atoms with Gasteiger partial charge in [0, 0.05) is 24.5 Å². The van der Waals surface area contributed by atoms with E-state index in [1.165, 1.54) is 7.11 Å². The van der Waals surface area contributed by atoms with E-state index < -0.39 is 23.6 Å². The van der Waals surface area contributed by atoms with Crippen LogP contribution in [-0.2, 0) is 10.9 Å². The van der Waals surface area contributed by atoms with Gasteiger partial charge in [0.25, 0.3) is 0 Å². The molecule has 4 rings (SSSR count). The molecule has 7 nitrogen and oxygen atoms in total. The fraction of sp³-hybridized carbons (Fsp3) is 0.417. The van der Waals surface area contributed by atoms with Gasteiger partial charge in [-0.1, -0.05) is 0 Å². The summed E-state index contributed by atoms with van der Waals surface area (Å²) in [4.78, 5) is 8.88. The Bertz CT molecular complexity index is 1200. The quantitative estimate of drug-likeness (QED) is 0.463. The summed E-state index contributed by atoms with van der Waals surface area (Å²) in [5, 5.41) is 6.91. The predicted octanol–water partition coefficient (Wildman–Crippen LogP) is 4.65. The van der Waals surface area contributed by atoms with Crippen LogP contribution in [-0.4, -0.2) is 49.5 Å². The topological polar surface area (TPSA) is 77.5 Å². The number of nitrogens with zero attached hydrogens (tertiary/aromatic N) is 2. The number of aryl methyl sites for hydroxylation is 1. The molecule has 188 valence electrons. The maximum atomic E-state index is 14.0. The summed E-state index contributed by atoms with van der Waals surface area (Å²) in [5.74, 6) is 0.772. The van der Waals surface area contributed by atoms with Crippen molar-refractivity contribution in [3.8, 4) is 11.5 Å². The average Bonchev–Trinajstić information content (AvgIpc) is 2.82. The van der Waals surface area contributed by atoms with E-state index in [2.05, 4.69) is 20.6 Å². The maximum Gasteiger partial charge on any atom is 0.416 e. The molecule has 0 spiro atoms. The van der Waals surface area contributed by atoms with Gasteiger partial charge in [-0.3, -0.25) is 0 Å². The van der Waals surface area contributed by atoms with Crippen molar-refractivity contribution < 1.29 is 31.8 Å². The molecule has 11 heteroatoms. The second kappa shape index (κ2) is 10.2. The van der Waals surface area contributed by atoms with E-state index in [4.69, 9.17) is 14.2 Å². The Hall–Kier alpha value is -3.18. The minimum atomic E-state index is -4.66. The van der Waals surface area contributed by atoms with E-state index in [-0.39, 0.29) is 11.7 Å². The molecule has 1 aromatic heterocycles. The Labute approximate surface area is 199 Å². The van der Waals surface area contributed by atoms with Crippen LogP contribution in [0.2, 0.25) is 0 Å². The Morgan fingerprint density at radius 2 is 1.97 bits per heavy atom. The van der Waals surface area contributed by atoms with Gasteiger partial charge < -0.3 is 24.8 Å². The maximum absolute atomic E-state index is 14.0. The third-order valence-corrected chi connectivity index (χ3v) is 5.62. The molecule has 0 amide bonds. The zero-order valence-corrected chi connectivity index (χ0v) is 19.5. The number of nitrogens with one attached hydrogen (secondary N) is 2. The lowest BCUT2D eigenvalue weighted by molar-refractivity contribution is -0.137. The first-order chi connectivity index (χ1) is 16.6. The smallest absolute Gasteiger partial charge is 0.416 e. The zero-order chi connectivity index (χ0) is 25.2. The first kappa shape index (κ1) is 24.9. The third-order valence-electron chi connectivity index (χ3n) is 5.62. The van der Waals surface area contributed by atoms with Crippen molar-refractivity contribution in [1.29, 1.82) is 0 Å². The molecule has 0 bridgehead atoms. The van der Waals surface area contributed by atoms with Gasteiger partial charge in [0.2, 0.25) is 0 Å². The summed E-state index contributed by atoms with van der Waals surface area (Å²) in [6, 6.07) is 5.20. The van der Waals surface area contributed by atoms with E-state index in [1.54, 1.807) is 26.0 Å². The summed E-state index contributed by atoms with van der Waals surface area (Å²) >= 11 is 0. The van der Waals surface area contributed by atoms with Gasteiger partial charge >= 0.3 is 6.18 Å². The van der Waals surface area contributed by atoms with Crippen LogP contribution in [0.1, 0.15) is 29.9 Å². The monoisotopic (exact) mass is 494 g/mol. The molecular formula is C24H26F4N4O3. The molecule has 3 aromatic rings. The van der Waals surface area contributed by atoms with Gasteiger partial charge in [-0.25, -0.2) is 14.4 Å². The molecule has 1 fully saturated rings. The van der Waals surface area contributed by atoms with Crippen LogP contribution >= 0.6 is 0 Å². The van der Waals surface area contributed by atoms with Crippen molar-refractivity contribution in [1.82, 2.24) is 15.3 Å². The van der Waals surface area contributed by atoms with Crippen LogP contribution in [0.3, 0.4) is 0 Å². The van der Waals surface area contributed by atoms with Crippen LogP contribution in [0.25, 0.3) is 10.9 Å². The fourth-order valence-electron chi connectivity index (χ4n) is 3.86. The van der Waals surface area contributed by atoms with E-state index in [0.717, 1.165) is 18.7 Å². The van der Waals surface area contributed by atoms with Crippen molar-refractivity contribution in [3.63, 3.8) is 0 Å². The highest BCUT2D eigenvalue weighted by atomic mass is 19.4. The molecular weight excluding hydrogens is 468 g/mol. The lowest BCUT2D eigenvalue weighted by Gasteiger charge is -2.24. The molecule has 0 saturated carbocycles. The van der Waals surface area contributed by atoms with E-state index >= 15 is 0 Å². The second-order valence-electron chi connectivity index (χ2n) is 8.28. The van der Waals surface area contributed by atoms with Crippen molar-refractivity contribution in [2.45, 2.75) is 32.2 Å². The molecule has 35 heavy (non-hydrogen) atoms. The lowest BCUT2D eigenvalue weighted by Crippen LogP contribution is -2.41. The van der Waals surface area contributed by atoms with Crippen molar-refractivity contribution in [2.75, 3.05) is 38.7 Å². The Morgan fingerprint density at radius 3 is 2.66 bits per heavy atom. The van der Waals surface area contributed by atoms with Crippen LogP contribution < -0.4 is 20.1 Å². The average molecular weight is 494 g/mol. The predicted molar refractivity (Wildman–Crippen MR) is 122 cm³/mol. The summed E-state index contributed by atoms with van der Waals surface area (Å²) in [7, 11) is 1.52. The number of hydrogen-bond donors (Lipinski definition) is 2. The number of methoxy groups -OCH3 is 1. The standard InChI is InChI=1S/C24H26F4N4O3/c1-13(15-6-16(24(26,27)28)8-17(25)7-15)30-23-19-9-22(35-12-18-11-29-4-5-34-18)21(33-3)10-20(19)31-14(2)32-23/h6-10,13,18,29H,4-5,11-12H2,1-3H3,(H,30,31,32)/t13-,18-/m1/s1. The number of anilines is 1. The second-order valence-corrected chi connectivity index (χ2v) is 8.28. The highest BCUT2D eigenvalue weighted by Crippen LogP contribution is 2.36. The van der Waals surface area contributed by atoms with Crippen molar-refractivity contribution >= 4 is 16.7 Å². The van der Waals surface area contributed by atoms with E-state index in [0.29, 0.717) is 59.9 Å². The Kier molecular flexibility index (Phi) is 7.27. The normalized spacial score (nSPS) is 17.3. The summed E-state index contributed by atoms with van der Waals surface area (Å²) in [6.45, 7) is 5.67. The molecule has 1 saturated heterocycles. The lowest BCUT2D eigenvalue weighted by atomic mass is 10.0. The van der Waals surface area contributed by atoms with Crippen molar-refractivity contribution in [3.05, 3.63) is 53.1 Å². The van der Waals surface area contributed by atoms with Crippen LogP contribution in [0.5, 0.6) is 11.5 Å².